The van der Waals surface area contributed by atoms with Gasteiger partial charge in [0.05, 0.1) is 11.3 Å². The van der Waals surface area contributed by atoms with E-state index >= 15 is 0 Å². The predicted octanol–water partition coefficient (Wildman–Crippen LogP) is 3.48. The monoisotopic (exact) mass is 336 g/mol. The molecule has 1 aliphatic heterocycles. The number of nitrogens with one attached hydrogen (secondary N) is 2. The number of nitrogens with two attached hydrogens (primary N) is 1. The molecule has 1 aliphatic rings. The molecule has 4 rings (SSSR count). The summed E-state index contributed by atoms with van der Waals surface area (Å²) in [5.41, 5.74) is 9.94. The van der Waals surface area contributed by atoms with Crippen molar-refractivity contribution in [3.63, 3.8) is 0 Å². The third-order valence-electron chi connectivity index (χ3n) is 5.23. The third-order valence-corrected chi connectivity index (χ3v) is 5.23. The summed E-state index contributed by atoms with van der Waals surface area (Å²) in [6, 6.07) is 10.9. The molecule has 0 bridgehead atoms. The van der Waals surface area contributed by atoms with Crippen LogP contribution in [-0.4, -0.2) is 27.5 Å². The summed E-state index contributed by atoms with van der Waals surface area (Å²) in [5.74, 6) is 0. The molecule has 1 saturated heterocycles. The molecule has 0 unspecified atom stereocenters. The van der Waals surface area contributed by atoms with Crippen LogP contribution in [-0.2, 0) is 6.54 Å². The Bertz CT molecular complexity index is 956. The Balaban J connectivity index is 1.65. The molecule has 5 heteroatoms. The Labute approximate surface area is 146 Å². The molecule has 2 aromatic heterocycles. The molecule has 1 aromatic carbocycles. The van der Waals surface area contributed by atoms with Gasteiger partial charge in [-0.2, -0.15) is 0 Å². The van der Waals surface area contributed by atoms with Crippen LogP contribution in [0, 0.1) is 0 Å². The van der Waals surface area contributed by atoms with Crippen molar-refractivity contribution in [2.45, 2.75) is 38.8 Å². The van der Waals surface area contributed by atoms with Crippen molar-refractivity contribution in [1.82, 2.24) is 14.9 Å². The van der Waals surface area contributed by atoms with Crippen molar-refractivity contribution in [3.8, 4) is 11.3 Å². The molecular formula is C20H24N4O. The Morgan fingerprint density at radius 1 is 1.24 bits per heavy atom. The molecule has 0 aliphatic carbocycles. The Kier molecular flexibility index (Phi) is 4.09. The predicted molar refractivity (Wildman–Crippen MR) is 102 cm³/mol. The van der Waals surface area contributed by atoms with Gasteiger partial charge in [-0.1, -0.05) is 12.5 Å². The number of aromatic amines is 2. The van der Waals surface area contributed by atoms with Gasteiger partial charge in [0.25, 0.3) is 5.56 Å². The SMILES string of the molecule is C[C@@H]1CCCCN1Cc1ccc2[nH]c(-c3cc(N)c[nH]c3=O)cc2c1. The van der Waals surface area contributed by atoms with Gasteiger partial charge in [0, 0.05) is 35.4 Å². The van der Waals surface area contributed by atoms with E-state index in [9.17, 15) is 4.79 Å². The topological polar surface area (TPSA) is 77.9 Å². The minimum absolute atomic E-state index is 0.136. The van der Waals surface area contributed by atoms with Crippen LogP contribution in [0.1, 0.15) is 31.7 Å². The van der Waals surface area contributed by atoms with Crippen LogP contribution in [0.2, 0.25) is 0 Å². The standard InChI is InChI=1S/C20H24N4O/c1-13-4-2-3-7-24(13)12-14-5-6-18-15(8-14)9-19(23-18)17-10-16(21)11-22-20(17)25/h5-6,8-11,13,23H,2-4,7,12,21H2,1H3,(H,22,25)/t13-/m1/s1. The van der Waals surface area contributed by atoms with Crippen LogP contribution in [0.15, 0.2) is 41.3 Å². The Hall–Kier alpha value is -2.53. The maximum Gasteiger partial charge on any atom is 0.257 e. The van der Waals surface area contributed by atoms with Gasteiger partial charge in [0.15, 0.2) is 0 Å². The van der Waals surface area contributed by atoms with Gasteiger partial charge < -0.3 is 15.7 Å². The highest BCUT2D eigenvalue weighted by Gasteiger charge is 2.18. The van der Waals surface area contributed by atoms with E-state index in [2.05, 4.69) is 40.0 Å². The van der Waals surface area contributed by atoms with Crippen LogP contribution in [0.5, 0.6) is 0 Å². The van der Waals surface area contributed by atoms with Gasteiger partial charge in [-0.3, -0.25) is 9.69 Å². The number of H-pyrrole nitrogens is 2. The number of nitrogen functional groups attached to an aromatic ring is 1. The lowest BCUT2D eigenvalue weighted by Crippen LogP contribution is -2.36. The molecule has 0 radical (unpaired) electrons. The summed E-state index contributed by atoms with van der Waals surface area (Å²) in [5, 5.41) is 1.12. The molecule has 0 spiro atoms. The van der Waals surface area contributed by atoms with Crippen LogP contribution < -0.4 is 11.3 Å². The number of hydrogen-bond acceptors (Lipinski definition) is 3. The third kappa shape index (κ3) is 3.20. The summed E-state index contributed by atoms with van der Waals surface area (Å²) in [6.07, 6.45) is 5.44. The number of benzene rings is 1. The van der Waals surface area contributed by atoms with E-state index in [1.807, 2.05) is 6.07 Å². The molecule has 1 atom stereocenters. The second kappa shape index (κ2) is 6.41. The normalized spacial score (nSPS) is 18.7. The summed E-state index contributed by atoms with van der Waals surface area (Å²) in [6.45, 7) is 4.48. The van der Waals surface area contributed by atoms with Gasteiger partial charge in [-0.25, -0.2) is 0 Å². The number of pyridine rings is 1. The summed E-state index contributed by atoms with van der Waals surface area (Å²) in [4.78, 5) is 20.6. The lowest BCUT2D eigenvalue weighted by molar-refractivity contribution is 0.152. The van der Waals surface area contributed by atoms with E-state index in [4.69, 9.17) is 5.73 Å². The first-order valence-electron chi connectivity index (χ1n) is 8.94. The number of aromatic nitrogens is 2. The first-order chi connectivity index (χ1) is 12.1. The number of nitrogens with zero attached hydrogens (tertiary/aromatic N) is 1. The van der Waals surface area contributed by atoms with E-state index < -0.39 is 0 Å². The maximum absolute atomic E-state index is 12.1. The molecule has 0 amide bonds. The molecule has 130 valence electrons. The van der Waals surface area contributed by atoms with Gasteiger partial charge in [-0.05, 0) is 56.1 Å². The van der Waals surface area contributed by atoms with Gasteiger partial charge in [0.1, 0.15) is 0 Å². The zero-order valence-electron chi connectivity index (χ0n) is 14.5. The van der Waals surface area contributed by atoms with Crippen molar-refractivity contribution in [2.24, 2.45) is 0 Å². The van der Waals surface area contributed by atoms with Crippen molar-refractivity contribution in [3.05, 3.63) is 52.4 Å². The molecule has 4 N–H and O–H groups in total. The first kappa shape index (κ1) is 16.0. The Morgan fingerprint density at radius 2 is 2.12 bits per heavy atom. The number of rotatable bonds is 3. The van der Waals surface area contributed by atoms with Gasteiger partial charge >= 0.3 is 0 Å². The zero-order chi connectivity index (χ0) is 17.4. The highest BCUT2D eigenvalue weighted by atomic mass is 16.1. The summed E-state index contributed by atoms with van der Waals surface area (Å²) >= 11 is 0. The van der Waals surface area contributed by atoms with E-state index in [0.29, 0.717) is 17.3 Å². The van der Waals surface area contributed by atoms with E-state index in [0.717, 1.165) is 23.1 Å². The number of likely N-dealkylation sites (tertiary alicyclic amines) is 1. The van der Waals surface area contributed by atoms with Crippen LogP contribution in [0.25, 0.3) is 22.2 Å². The van der Waals surface area contributed by atoms with E-state index in [1.54, 1.807) is 6.07 Å². The molecule has 25 heavy (non-hydrogen) atoms. The minimum atomic E-state index is -0.136. The van der Waals surface area contributed by atoms with Crippen LogP contribution in [0.3, 0.4) is 0 Å². The highest BCUT2D eigenvalue weighted by molar-refractivity contribution is 5.86. The second-order valence-corrected chi connectivity index (χ2v) is 7.10. The fourth-order valence-corrected chi connectivity index (χ4v) is 3.75. The largest absolute Gasteiger partial charge is 0.398 e. The lowest BCUT2D eigenvalue weighted by atomic mass is 10.0. The molecule has 3 heterocycles. The molecule has 5 nitrogen and oxygen atoms in total. The zero-order valence-corrected chi connectivity index (χ0v) is 14.5. The van der Waals surface area contributed by atoms with E-state index in [-0.39, 0.29) is 5.56 Å². The molecular weight excluding hydrogens is 312 g/mol. The molecule has 0 saturated carbocycles. The number of fused-ring (bicyclic) bond motifs is 1. The average molecular weight is 336 g/mol. The quantitative estimate of drug-likeness (QED) is 0.685. The van der Waals surface area contributed by atoms with Crippen molar-refractivity contribution in [1.29, 1.82) is 0 Å². The smallest absolute Gasteiger partial charge is 0.257 e. The number of anilines is 1. The maximum atomic E-state index is 12.1. The van der Waals surface area contributed by atoms with E-state index in [1.165, 1.54) is 37.6 Å². The molecule has 1 fully saturated rings. The fourth-order valence-electron chi connectivity index (χ4n) is 3.75. The minimum Gasteiger partial charge on any atom is -0.398 e. The van der Waals surface area contributed by atoms with Gasteiger partial charge in [0.2, 0.25) is 0 Å². The molecule has 3 aromatic rings. The second-order valence-electron chi connectivity index (χ2n) is 7.10. The average Bonchev–Trinajstić information content (AvgIpc) is 3.02. The fraction of sp³-hybridized carbons (Fsp3) is 0.350. The van der Waals surface area contributed by atoms with Crippen molar-refractivity contribution >= 4 is 16.6 Å². The van der Waals surface area contributed by atoms with Crippen LogP contribution >= 0.6 is 0 Å². The Morgan fingerprint density at radius 3 is 2.96 bits per heavy atom. The lowest BCUT2D eigenvalue weighted by Gasteiger charge is -2.33. The number of piperidine rings is 1. The highest BCUT2D eigenvalue weighted by Crippen LogP contribution is 2.25. The summed E-state index contributed by atoms with van der Waals surface area (Å²) in [7, 11) is 0. The van der Waals surface area contributed by atoms with Crippen molar-refractivity contribution in [2.75, 3.05) is 12.3 Å². The number of hydrogen-bond donors (Lipinski definition) is 3. The summed E-state index contributed by atoms with van der Waals surface area (Å²) < 4.78 is 0. The van der Waals surface area contributed by atoms with Crippen molar-refractivity contribution < 1.29 is 0 Å². The van der Waals surface area contributed by atoms with Crippen LogP contribution in [0.4, 0.5) is 5.69 Å². The first-order valence-corrected chi connectivity index (χ1v) is 8.94. The van der Waals surface area contributed by atoms with Gasteiger partial charge in [-0.15, -0.1) is 0 Å².